The summed E-state index contributed by atoms with van der Waals surface area (Å²) in [4.78, 5) is 9.37. The van der Waals surface area contributed by atoms with Crippen LogP contribution in [0.2, 0.25) is 0 Å². The zero-order valence-corrected chi connectivity index (χ0v) is 15.0. The van der Waals surface area contributed by atoms with Crippen molar-refractivity contribution in [1.29, 1.82) is 5.26 Å². The number of imidazole rings is 1. The lowest BCUT2D eigenvalue weighted by Gasteiger charge is -2.39. The van der Waals surface area contributed by atoms with Crippen LogP contribution in [0.4, 0.5) is 0 Å². The lowest BCUT2D eigenvalue weighted by Crippen LogP contribution is -2.50. The number of nitriles is 1. The van der Waals surface area contributed by atoms with Gasteiger partial charge in [0.25, 0.3) is 0 Å². The summed E-state index contributed by atoms with van der Waals surface area (Å²) >= 11 is 3.52. The average molecular weight is 366 g/mol. The Morgan fingerprint density at radius 3 is 2.36 bits per heavy atom. The summed E-state index contributed by atoms with van der Waals surface area (Å²) in [5, 5.41) is 9.70. The third-order valence-corrected chi connectivity index (χ3v) is 5.84. The van der Waals surface area contributed by atoms with Crippen molar-refractivity contribution in [3.8, 4) is 6.07 Å². The Labute approximate surface area is 141 Å². The summed E-state index contributed by atoms with van der Waals surface area (Å²) in [5.41, 5.74) is 0.981. The van der Waals surface area contributed by atoms with Gasteiger partial charge in [-0.3, -0.25) is 9.80 Å². The van der Waals surface area contributed by atoms with Gasteiger partial charge in [0.2, 0.25) is 0 Å². The summed E-state index contributed by atoms with van der Waals surface area (Å²) in [5.74, 6) is 0.937. The molecule has 1 aliphatic carbocycles. The fourth-order valence-electron chi connectivity index (χ4n) is 3.83. The van der Waals surface area contributed by atoms with Gasteiger partial charge in [0.1, 0.15) is 16.5 Å². The number of aryl methyl sites for hydroxylation is 1. The number of hydrogen-bond acceptors (Lipinski definition) is 4. The lowest BCUT2D eigenvalue weighted by atomic mass is 10.1. The quantitative estimate of drug-likeness (QED) is 0.825. The van der Waals surface area contributed by atoms with Gasteiger partial charge in [0.15, 0.2) is 0 Å². The van der Waals surface area contributed by atoms with E-state index in [0.717, 1.165) is 48.3 Å². The molecule has 1 aliphatic heterocycles. The van der Waals surface area contributed by atoms with Crippen molar-refractivity contribution in [2.75, 3.05) is 26.2 Å². The highest BCUT2D eigenvalue weighted by Gasteiger charge is 2.32. The monoisotopic (exact) mass is 365 g/mol. The Kier molecular flexibility index (Phi) is 4.86. The van der Waals surface area contributed by atoms with Crippen molar-refractivity contribution >= 4 is 15.9 Å². The van der Waals surface area contributed by atoms with Crippen LogP contribution in [-0.2, 0) is 7.05 Å². The van der Waals surface area contributed by atoms with Crippen molar-refractivity contribution in [1.82, 2.24) is 19.4 Å². The Hall–Kier alpha value is -0.900. The molecule has 1 unspecified atom stereocenters. The third kappa shape index (κ3) is 2.94. The lowest BCUT2D eigenvalue weighted by molar-refractivity contribution is 0.0822. The van der Waals surface area contributed by atoms with Crippen LogP contribution >= 0.6 is 15.9 Å². The van der Waals surface area contributed by atoms with Crippen molar-refractivity contribution in [3.05, 3.63) is 16.1 Å². The zero-order chi connectivity index (χ0) is 15.7. The number of piperazine rings is 1. The van der Waals surface area contributed by atoms with Gasteiger partial charge in [-0.2, -0.15) is 5.26 Å². The van der Waals surface area contributed by atoms with Gasteiger partial charge in [0, 0.05) is 39.3 Å². The van der Waals surface area contributed by atoms with E-state index in [1.807, 2.05) is 18.5 Å². The minimum absolute atomic E-state index is 0.216. The van der Waals surface area contributed by atoms with Crippen LogP contribution in [0.1, 0.15) is 43.2 Å². The first kappa shape index (κ1) is 16.0. The Morgan fingerprint density at radius 1 is 1.23 bits per heavy atom. The van der Waals surface area contributed by atoms with Gasteiger partial charge in [-0.1, -0.05) is 12.8 Å². The summed E-state index contributed by atoms with van der Waals surface area (Å²) in [6, 6.07) is 3.05. The largest absolute Gasteiger partial charge is 0.332 e. The molecule has 1 aromatic rings. The van der Waals surface area contributed by atoms with E-state index >= 15 is 0 Å². The minimum Gasteiger partial charge on any atom is -0.332 e. The van der Waals surface area contributed by atoms with E-state index in [1.54, 1.807) is 0 Å². The van der Waals surface area contributed by atoms with Gasteiger partial charge >= 0.3 is 0 Å². The van der Waals surface area contributed by atoms with E-state index < -0.39 is 0 Å². The molecule has 3 rings (SSSR count). The van der Waals surface area contributed by atoms with Gasteiger partial charge in [-0.25, -0.2) is 4.98 Å². The number of halogens is 1. The molecule has 1 atom stereocenters. The Morgan fingerprint density at radius 2 is 1.86 bits per heavy atom. The molecule has 120 valence electrons. The fourth-order valence-corrected chi connectivity index (χ4v) is 4.57. The second-order valence-electron chi connectivity index (χ2n) is 6.44. The van der Waals surface area contributed by atoms with E-state index in [2.05, 4.69) is 36.8 Å². The molecule has 0 amide bonds. The SMILES string of the molecule is Cc1nc(Br)c(C(C#N)N2CCN(C3CCCC3)CC2)n1C. The smallest absolute Gasteiger partial charge is 0.141 e. The maximum Gasteiger partial charge on any atom is 0.141 e. The summed E-state index contributed by atoms with van der Waals surface area (Å²) in [6.07, 6.45) is 5.47. The second-order valence-corrected chi connectivity index (χ2v) is 7.19. The number of rotatable bonds is 3. The van der Waals surface area contributed by atoms with Gasteiger partial charge < -0.3 is 4.57 Å². The van der Waals surface area contributed by atoms with Crippen LogP contribution in [0.25, 0.3) is 0 Å². The molecular formula is C16H24BrN5. The van der Waals surface area contributed by atoms with Gasteiger partial charge in [-0.15, -0.1) is 0 Å². The van der Waals surface area contributed by atoms with Crippen molar-refractivity contribution in [2.24, 2.45) is 7.05 Å². The summed E-state index contributed by atoms with van der Waals surface area (Å²) in [6.45, 7) is 6.06. The molecule has 2 aliphatic rings. The molecule has 5 nitrogen and oxygen atoms in total. The van der Waals surface area contributed by atoms with Crippen LogP contribution in [0.5, 0.6) is 0 Å². The normalized spacial score (nSPS) is 22.8. The standard InChI is InChI=1S/C16H24BrN5/c1-12-19-16(17)15(20(12)2)14(11-18)22-9-7-21(8-10-22)13-5-3-4-6-13/h13-14H,3-10H2,1-2H3. The van der Waals surface area contributed by atoms with Crippen LogP contribution < -0.4 is 0 Å². The average Bonchev–Trinajstić information content (AvgIpc) is 3.13. The molecule has 0 N–H and O–H groups in total. The molecule has 0 radical (unpaired) electrons. The number of nitrogens with zero attached hydrogens (tertiary/aromatic N) is 5. The van der Waals surface area contributed by atoms with Crippen LogP contribution in [0, 0.1) is 18.3 Å². The second kappa shape index (κ2) is 6.69. The topological polar surface area (TPSA) is 48.1 Å². The maximum atomic E-state index is 9.70. The number of hydrogen-bond donors (Lipinski definition) is 0. The fraction of sp³-hybridized carbons (Fsp3) is 0.750. The predicted octanol–water partition coefficient (Wildman–Crippen LogP) is 2.62. The highest BCUT2D eigenvalue weighted by molar-refractivity contribution is 9.10. The molecule has 1 saturated carbocycles. The van der Waals surface area contributed by atoms with E-state index in [0.29, 0.717) is 0 Å². The third-order valence-electron chi connectivity index (χ3n) is 5.25. The van der Waals surface area contributed by atoms with Crippen molar-refractivity contribution in [2.45, 2.75) is 44.7 Å². The molecule has 1 saturated heterocycles. The summed E-state index contributed by atoms with van der Waals surface area (Å²) < 4.78 is 2.83. The summed E-state index contributed by atoms with van der Waals surface area (Å²) in [7, 11) is 1.99. The molecule has 1 aromatic heterocycles. The molecule has 0 bridgehead atoms. The molecular weight excluding hydrogens is 342 g/mol. The first-order valence-electron chi connectivity index (χ1n) is 8.18. The van der Waals surface area contributed by atoms with Crippen molar-refractivity contribution < 1.29 is 0 Å². The Bertz CT molecular complexity index is 562. The highest BCUT2D eigenvalue weighted by atomic mass is 79.9. The molecule has 22 heavy (non-hydrogen) atoms. The molecule has 0 spiro atoms. The minimum atomic E-state index is -0.216. The Balaban J connectivity index is 1.69. The van der Waals surface area contributed by atoms with E-state index in [1.165, 1.54) is 25.7 Å². The van der Waals surface area contributed by atoms with Crippen LogP contribution in [0.15, 0.2) is 4.60 Å². The predicted molar refractivity (Wildman–Crippen MR) is 89.4 cm³/mol. The van der Waals surface area contributed by atoms with E-state index in [-0.39, 0.29) is 6.04 Å². The highest BCUT2D eigenvalue weighted by Crippen LogP contribution is 2.30. The first-order valence-corrected chi connectivity index (χ1v) is 8.97. The zero-order valence-electron chi connectivity index (χ0n) is 13.4. The van der Waals surface area contributed by atoms with Crippen molar-refractivity contribution in [3.63, 3.8) is 0 Å². The molecule has 0 aromatic carbocycles. The van der Waals surface area contributed by atoms with Crippen LogP contribution in [0.3, 0.4) is 0 Å². The van der Waals surface area contributed by atoms with E-state index in [9.17, 15) is 5.26 Å². The number of aromatic nitrogens is 2. The van der Waals surface area contributed by atoms with Gasteiger partial charge in [-0.05, 0) is 35.7 Å². The first-order chi connectivity index (χ1) is 10.6. The maximum absolute atomic E-state index is 9.70. The molecule has 2 heterocycles. The van der Waals surface area contributed by atoms with Gasteiger partial charge in [0.05, 0.1) is 11.8 Å². The van der Waals surface area contributed by atoms with Crippen LogP contribution in [-0.4, -0.2) is 51.6 Å². The molecule has 2 fully saturated rings. The van der Waals surface area contributed by atoms with E-state index in [4.69, 9.17) is 0 Å². The molecule has 6 heteroatoms.